The molecule has 3 aromatic carbocycles. The Kier molecular flexibility index (Phi) is 10.2. The Bertz CT molecular complexity index is 1290. The van der Waals surface area contributed by atoms with Crippen molar-refractivity contribution in [3.8, 4) is 5.75 Å². The number of hydrogen-bond donors (Lipinski definition) is 3. The maximum atomic E-state index is 13.5. The summed E-state index contributed by atoms with van der Waals surface area (Å²) in [4.78, 5) is 35.8. The molecule has 0 heterocycles. The van der Waals surface area contributed by atoms with Gasteiger partial charge in [-0.2, -0.15) is 0 Å². The summed E-state index contributed by atoms with van der Waals surface area (Å²) in [6.07, 6.45) is 0.580. The first-order chi connectivity index (χ1) is 17.8. The number of carbonyl (C=O) groups excluding carboxylic acids is 3. The van der Waals surface area contributed by atoms with Gasteiger partial charge in [-0.15, -0.1) is 0 Å². The van der Waals surface area contributed by atoms with Gasteiger partial charge in [0, 0.05) is 23.2 Å². The predicted molar refractivity (Wildman–Crippen MR) is 136 cm³/mol. The number of amides is 3. The number of nitrogens with one attached hydrogen (secondary N) is 3. The molecule has 12 heteroatoms. The van der Waals surface area contributed by atoms with Gasteiger partial charge in [-0.3, -0.25) is 9.59 Å². The molecule has 0 unspecified atom stereocenters. The van der Waals surface area contributed by atoms with E-state index in [2.05, 4.69) is 16.0 Å². The van der Waals surface area contributed by atoms with E-state index in [9.17, 15) is 23.2 Å². The smallest absolute Gasteiger partial charge is 0.319 e. The molecular formula is C25H21Cl2F2N3O5. The standard InChI is InChI=1S/C25H21Cl2F2N3O5/c26-16-1-4-19(20(27)12-16)24(34)31-22-6-3-18(11-15(22)14-33)37-10-9-36-8-7-30-25(35)32-23-5-2-17(28)13-21(23)29/h1-6,11-14H,7-10H2,(H,31,34)(H2,30,32,35). The highest BCUT2D eigenvalue weighted by atomic mass is 35.5. The normalized spacial score (nSPS) is 10.5. The van der Waals surface area contributed by atoms with Crippen LogP contribution in [0.4, 0.5) is 25.0 Å². The van der Waals surface area contributed by atoms with Crippen LogP contribution in [-0.2, 0) is 4.74 Å². The second-order valence-electron chi connectivity index (χ2n) is 7.41. The molecule has 0 bridgehead atoms. The van der Waals surface area contributed by atoms with Crippen molar-refractivity contribution in [3.05, 3.63) is 87.4 Å². The monoisotopic (exact) mass is 551 g/mol. The van der Waals surface area contributed by atoms with Gasteiger partial charge in [-0.1, -0.05) is 23.2 Å². The summed E-state index contributed by atoms with van der Waals surface area (Å²) >= 11 is 11.9. The SMILES string of the molecule is O=Cc1cc(OCCOCCNC(=O)Nc2ccc(F)cc2F)ccc1NC(=O)c1ccc(Cl)cc1Cl. The highest BCUT2D eigenvalue weighted by Gasteiger charge is 2.14. The summed E-state index contributed by atoms with van der Waals surface area (Å²) in [6, 6.07) is 11.2. The Morgan fingerprint density at radius 3 is 2.41 bits per heavy atom. The molecule has 194 valence electrons. The molecule has 0 aliphatic carbocycles. The number of carbonyl (C=O) groups is 3. The van der Waals surface area contributed by atoms with E-state index in [1.807, 2.05) is 0 Å². The van der Waals surface area contributed by atoms with Gasteiger partial charge >= 0.3 is 6.03 Å². The molecule has 0 saturated heterocycles. The minimum Gasteiger partial charge on any atom is -0.491 e. The van der Waals surface area contributed by atoms with E-state index in [0.29, 0.717) is 23.1 Å². The van der Waals surface area contributed by atoms with Crippen LogP contribution in [0.5, 0.6) is 5.75 Å². The van der Waals surface area contributed by atoms with Crippen LogP contribution in [0.25, 0.3) is 0 Å². The zero-order chi connectivity index (χ0) is 26.8. The van der Waals surface area contributed by atoms with Crippen LogP contribution in [0.1, 0.15) is 20.7 Å². The van der Waals surface area contributed by atoms with Crippen molar-refractivity contribution in [1.82, 2.24) is 5.32 Å². The first-order valence-corrected chi connectivity index (χ1v) is 11.6. The molecule has 0 saturated carbocycles. The number of halogens is 4. The molecule has 0 aliphatic heterocycles. The van der Waals surface area contributed by atoms with Crippen LogP contribution in [0.15, 0.2) is 54.6 Å². The lowest BCUT2D eigenvalue weighted by Crippen LogP contribution is -2.32. The lowest BCUT2D eigenvalue weighted by molar-refractivity contribution is 0.102. The second-order valence-corrected chi connectivity index (χ2v) is 8.25. The van der Waals surface area contributed by atoms with Crippen LogP contribution in [0.3, 0.4) is 0 Å². The number of anilines is 2. The van der Waals surface area contributed by atoms with Crippen molar-refractivity contribution in [2.24, 2.45) is 0 Å². The first kappa shape index (κ1) is 27.9. The van der Waals surface area contributed by atoms with Crippen LogP contribution in [-0.4, -0.2) is 44.6 Å². The summed E-state index contributed by atoms with van der Waals surface area (Å²) < 4.78 is 37.3. The van der Waals surface area contributed by atoms with Gasteiger partial charge in [0.05, 0.1) is 35.2 Å². The number of aldehydes is 1. The average Bonchev–Trinajstić information content (AvgIpc) is 2.85. The zero-order valence-corrected chi connectivity index (χ0v) is 20.7. The van der Waals surface area contributed by atoms with Crippen molar-refractivity contribution in [1.29, 1.82) is 0 Å². The Hall–Kier alpha value is -3.73. The summed E-state index contributed by atoms with van der Waals surface area (Å²) in [5.74, 6) is -1.75. The largest absolute Gasteiger partial charge is 0.491 e. The molecule has 0 radical (unpaired) electrons. The maximum Gasteiger partial charge on any atom is 0.319 e. The van der Waals surface area contributed by atoms with E-state index in [0.717, 1.165) is 12.1 Å². The molecule has 0 fully saturated rings. The topological polar surface area (TPSA) is 106 Å². The molecule has 0 aromatic heterocycles. The molecule has 37 heavy (non-hydrogen) atoms. The summed E-state index contributed by atoms with van der Waals surface area (Å²) in [7, 11) is 0. The Labute approximate surface area is 220 Å². The van der Waals surface area contributed by atoms with Gasteiger partial charge in [0.1, 0.15) is 24.0 Å². The van der Waals surface area contributed by atoms with Crippen molar-refractivity contribution in [2.45, 2.75) is 0 Å². The van der Waals surface area contributed by atoms with Gasteiger partial charge in [0.25, 0.3) is 5.91 Å². The van der Waals surface area contributed by atoms with Crippen LogP contribution in [0, 0.1) is 11.6 Å². The van der Waals surface area contributed by atoms with Crippen molar-refractivity contribution in [3.63, 3.8) is 0 Å². The quantitative estimate of drug-likeness (QED) is 0.214. The van der Waals surface area contributed by atoms with E-state index in [1.165, 1.54) is 30.3 Å². The lowest BCUT2D eigenvalue weighted by atomic mass is 10.1. The van der Waals surface area contributed by atoms with E-state index >= 15 is 0 Å². The molecule has 0 aliphatic rings. The fraction of sp³-hybridized carbons (Fsp3) is 0.160. The van der Waals surface area contributed by atoms with E-state index in [4.69, 9.17) is 32.7 Å². The van der Waals surface area contributed by atoms with Crippen LogP contribution in [0.2, 0.25) is 10.0 Å². The maximum absolute atomic E-state index is 13.5. The second kappa shape index (κ2) is 13.5. The third-order valence-electron chi connectivity index (χ3n) is 4.78. The summed E-state index contributed by atoms with van der Waals surface area (Å²) in [5, 5.41) is 7.93. The molecule has 8 nitrogen and oxygen atoms in total. The number of hydrogen-bond acceptors (Lipinski definition) is 5. The fourth-order valence-electron chi connectivity index (χ4n) is 3.02. The Morgan fingerprint density at radius 2 is 1.68 bits per heavy atom. The minimum atomic E-state index is -0.886. The Morgan fingerprint density at radius 1 is 0.892 bits per heavy atom. The third-order valence-corrected chi connectivity index (χ3v) is 5.33. The molecule has 0 atom stereocenters. The Balaban J connectivity index is 1.38. The van der Waals surface area contributed by atoms with Gasteiger partial charge in [-0.25, -0.2) is 13.6 Å². The molecule has 0 spiro atoms. The molecule has 3 N–H and O–H groups in total. The number of benzene rings is 3. The predicted octanol–water partition coefficient (Wildman–Crippen LogP) is 5.55. The average molecular weight is 552 g/mol. The van der Waals surface area contributed by atoms with Gasteiger partial charge in [0.2, 0.25) is 0 Å². The first-order valence-electron chi connectivity index (χ1n) is 10.8. The van der Waals surface area contributed by atoms with Gasteiger partial charge < -0.3 is 25.4 Å². The van der Waals surface area contributed by atoms with E-state index in [-0.39, 0.29) is 53.9 Å². The van der Waals surface area contributed by atoms with Crippen molar-refractivity contribution in [2.75, 3.05) is 37.0 Å². The van der Waals surface area contributed by atoms with Crippen molar-refractivity contribution < 1.29 is 32.6 Å². The summed E-state index contributed by atoms with van der Waals surface area (Å²) in [5.41, 5.74) is 0.529. The molecule has 3 aromatic rings. The minimum absolute atomic E-state index is 0.135. The summed E-state index contributed by atoms with van der Waals surface area (Å²) in [6.45, 7) is 0.619. The number of rotatable bonds is 11. The molecular weight excluding hydrogens is 531 g/mol. The number of urea groups is 1. The van der Waals surface area contributed by atoms with E-state index < -0.39 is 23.6 Å². The third kappa shape index (κ3) is 8.42. The highest BCUT2D eigenvalue weighted by molar-refractivity contribution is 6.37. The van der Waals surface area contributed by atoms with Crippen LogP contribution >= 0.6 is 23.2 Å². The molecule has 3 amide bonds. The van der Waals surface area contributed by atoms with Crippen molar-refractivity contribution >= 4 is 52.8 Å². The number of ether oxygens (including phenoxy) is 2. The van der Waals surface area contributed by atoms with Gasteiger partial charge in [0.15, 0.2) is 6.29 Å². The van der Waals surface area contributed by atoms with E-state index in [1.54, 1.807) is 6.07 Å². The van der Waals surface area contributed by atoms with Crippen LogP contribution < -0.4 is 20.7 Å². The zero-order valence-electron chi connectivity index (χ0n) is 19.2. The molecule has 3 rings (SSSR count). The highest BCUT2D eigenvalue weighted by Crippen LogP contribution is 2.25. The fourth-order valence-corrected chi connectivity index (χ4v) is 3.51. The lowest BCUT2D eigenvalue weighted by Gasteiger charge is -2.12. The van der Waals surface area contributed by atoms with Gasteiger partial charge in [-0.05, 0) is 48.5 Å².